The number of hydrogen-bond donors (Lipinski definition) is 1. The van der Waals surface area contributed by atoms with Crippen molar-refractivity contribution in [1.82, 2.24) is 10.3 Å². The maximum atomic E-state index is 10.8. The Morgan fingerprint density at radius 3 is 2.84 bits per heavy atom. The summed E-state index contributed by atoms with van der Waals surface area (Å²) >= 11 is 1.51. The minimum absolute atomic E-state index is 0.0963. The number of non-ortho nitro benzene ring substituents is 1. The molecule has 0 aliphatic carbocycles. The summed E-state index contributed by atoms with van der Waals surface area (Å²) in [5.74, 6) is 0. The molecule has 2 aromatic rings. The molecular formula is C13H15N3O2S. The molecule has 0 aliphatic heterocycles. The zero-order valence-corrected chi connectivity index (χ0v) is 11.8. The summed E-state index contributed by atoms with van der Waals surface area (Å²) in [4.78, 5) is 15.0. The van der Waals surface area contributed by atoms with Crippen LogP contribution in [0.25, 0.3) is 10.6 Å². The third-order valence-corrected chi connectivity index (χ3v) is 3.95. The molecule has 1 atom stereocenters. The first-order valence-corrected chi connectivity index (χ1v) is 6.79. The lowest BCUT2D eigenvalue weighted by molar-refractivity contribution is -0.384. The average Bonchev–Trinajstić information content (AvgIpc) is 2.87. The van der Waals surface area contributed by atoms with Crippen LogP contribution in [-0.4, -0.2) is 17.0 Å². The Morgan fingerprint density at radius 1 is 1.47 bits per heavy atom. The van der Waals surface area contributed by atoms with Crippen LogP contribution in [0.5, 0.6) is 0 Å². The molecule has 0 spiro atoms. The van der Waals surface area contributed by atoms with Gasteiger partial charge in [-0.2, -0.15) is 0 Å². The normalized spacial score (nSPS) is 12.4. The third kappa shape index (κ3) is 2.80. The van der Waals surface area contributed by atoms with Crippen molar-refractivity contribution in [2.24, 2.45) is 0 Å². The first-order chi connectivity index (χ1) is 9.02. The van der Waals surface area contributed by atoms with E-state index in [1.54, 1.807) is 12.1 Å². The van der Waals surface area contributed by atoms with Gasteiger partial charge in [0.05, 0.1) is 10.6 Å². The van der Waals surface area contributed by atoms with E-state index in [4.69, 9.17) is 0 Å². The van der Waals surface area contributed by atoms with Crippen LogP contribution in [0, 0.1) is 17.0 Å². The lowest BCUT2D eigenvalue weighted by atomic mass is 10.1. The summed E-state index contributed by atoms with van der Waals surface area (Å²) in [6.07, 6.45) is 0. The Hall–Kier alpha value is -1.79. The van der Waals surface area contributed by atoms with Gasteiger partial charge >= 0.3 is 0 Å². The average molecular weight is 277 g/mol. The minimum Gasteiger partial charge on any atom is -0.312 e. The van der Waals surface area contributed by atoms with Crippen molar-refractivity contribution >= 4 is 17.0 Å². The van der Waals surface area contributed by atoms with Gasteiger partial charge in [-0.25, -0.2) is 4.98 Å². The SMILES string of the molecule is CNC(C)c1csc(-c2cc([N+](=O)[O-])ccc2C)n1. The summed E-state index contributed by atoms with van der Waals surface area (Å²) in [5, 5.41) is 16.8. The van der Waals surface area contributed by atoms with Crippen LogP contribution in [0.4, 0.5) is 5.69 Å². The van der Waals surface area contributed by atoms with E-state index in [9.17, 15) is 10.1 Å². The predicted molar refractivity (Wildman–Crippen MR) is 76.4 cm³/mol. The lowest BCUT2D eigenvalue weighted by Crippen LogP contribution is -2.12. The Bertz CT molecular complexity index is 610. The van der Waals surface area contributed by atoms with Crippen LogP contribution >= 0.6 is 11.3 Å². The van der Waals surface area contributed by atoms with Gasteiger partial charge in [-0.15, -0.1) is 11.3 Å². The van der Waals surface area contributed by atoms with E-state index in [1.165, 1.54) is 17.4 Å². The molecule has 5 nitrogen and oxygen atoms in total. The van der Waals surface area contributed by atoms with Gasteiger partial charge in [0, 0.05) is 29.1 Å². The molecule has 0 bridgehead atoms. The van der Waals surface area contributed by atoms with Gasteiger partial charge in [-0.05, 0) is 26.5 Å². The maximum Gasteiger partial charge on any atom is 0.270 e. The quantitative estimate of drug-likeness (QED) is 0.687. The van der Waals surface area contributed by atoms with Crippen LogP contribution in [0.1, 0.15) is 24.2 Å². The van der Waals surface area contributed by atoms with Gasteiger partial charge in [-0.3, -0.25) is 10.1 Å². The number of thiazole rings is 1. The molecule has 1 N–H and O–H groups in total. The molecule has 1 heterocycles. The highest BCUT2D eigenvalue weighted by Crippen LogP contribution is 2.31. The fourth-order valence-electron chi connectivity index (χ4n) is 1.71. The first kappa shape index (κ1) is 13.6. The number of aryl methyl sites for hydroxylation is 1. The molecule has 1 aromatic heterocycles. The molecule has 0 aliphatic rings. The second-order valence-corrected chi connectivity index (χ2v) is 5.20. The number of rotatable bonds is 4. The van der Waals surface area contributed by atoms with E-state index >= 15 is 0 Å². The molecule has 1 aromatic carbocycles. The summed E-state index contributed by atoms with van der Waals surface area (Å²) < 4.78 is 0. The number of nitro benzene ring substituents is 1. The zero-order valence-electron chi connectivity index (χ0n) is 11.0. The van der Waals surface area contributed by atoms with Crippen LogP contribution < -0.4 is 5.32 Å². The van der Waals surface area contributed by atoms with Gasteiger partial charge in [0.2, 0.25) is 0 Å². The molecule has 0 radical (unpaired) electrons. The second-order valence-electron chi connectivity index (χ2n) is 4.34. The highest BCUT2D eigenvalue weighted by molar-refractivity contribution is 7.13. The van der Waals surface area contributed by atoms with E-state index in [-0.39, 0.29) is 16.7 Å². The Morgan fingerprint density at radius 2 is 2.21 bits per heavy atom. The van der Waals surface area contributed by atoms with Crippen LogP contribution in [0.15, 0.2) is 23.6 Å². The van der Waals surface area contributed by atoms with E-state index in [1.807, 2.05) is 26.3 Å². The fourth-order valence-corrected chi connectivity index (χ4v) is 2.70. The smallest absolute Gasteiger partial charge is 0.270 e. The van der Waals surface area contributed by atoms with Crippen molar-refractivity contribution in [1.29, 1.82) is 0 Å². The van der Waals surface area contributed by atoms with Gasteiger partial charge in [0.1, 0.15) is 5.01 Å². The van der Waals surface area contributed by atoms with Crippen molar-refractivity contribution in [3.8, 4) is 10.6 Å². The number of aromatic nitrogens is 1. The van der Waals surface area contributed by atoms with Crippen molar-refractivity contribution < 1.29 is 4.92 Å². The first-order valence-electron chi connectivity index (χ1n) is 5.91. The summed E-state index contributed by atoms with van der Waals surface area (Å²) in [5.41, 5.74) is 2.87. The fraction of sp³-hybridized carbons (Fsp3) is 0.308. The highest BCUT2D eigenvalue weighted by atomic mass is 32.1. The van der Waals surface area contributed by atoms with Gasteiger partial charge < -0.3 is 5.32 Å². The van der Waals surface area contributed by atoms with Crippen LogP contribution in [0.3, 0.4) is 0 Å². The molecular weight excluding hydrogens is 262 g/mol. The van der Waals surface area contributed by atoms with Crippen molar-refractivity contribution in [3.05, 3.63) is 45.0 Å². The predicted octanol–water partition coefficient (Wildman–Crippen LogP) is 3.31. The molecule has 0 amide bonds. The van der Waals surface area contributed by atoms with Crippen LogP contribution in [0.2, 0.25) is 0 Å². The summed E-state index contributed by atoms with van der Waals surface area (Å²) in [6.45, 7) is 3.96. The zero-order chi connectivity index (χ0) is 14.0. The standard InChI is InChI=1S/C13H15N3O2S/c1-8-4-5-10(16(17)18)6-11(8)13-15-12(7-19-13)9(2)14-3/h4-7,9,14H,1-3H3. The summed E-state index contributed by atoms with van der Waals surface area (Å²) in [6, 6.07) is 5.03. The number of nitro groups is 1. The molecule has 0 saturated carbocycles. The highest BCUT2D eigenvalue weighted by Gasteiger charge is 2.14. The molecule has 2 rings (SSSR count). The topological polar surface area (TPSA) is 68.1 Å². The number of benzene rings is 1. The van der Waals surface area contributed by atoms with Gasteiger partial charge in [0.15, 0.2) is 0 Å². The molecule has 0 saturated heterocycles. The monoisotopic (exact) mass is 277 g/mol. The van der Waals surface area contributed by atoms with Crippen molar-refractivity contribution in [3.63, 3.8) is 0 Å². The lowest BCUT2D eigenvalue weighted by Gasteiger charge is -2.05. The maximum absolute atomic E-state index is 10.8. The number of nitrogens with zero attached hydrogens (tertiary/aromatic N) is 2. The van der Waals surface area contributed by atoms with E-state index in [0.29, 0.717) is 0 Å². The van der Waals surface area contributed by atoms with E-state index < -0.39 is 0 Å². The molecule has 19 heavy (non-hydrogen) atoms. The Kier molecular flexibility index (Phi) is 3.92. The minimum atomic E-state index is -0.381. The van der Waals surface area contributed by atoms with Crippen molar-refractivity contribution in [2.45, 2.75) is 19.9 Å². The Labute approximate surface area is 115 Å². The molecule has 0 fully saturated rings. The van der Waals surface area contributed by atoms with Gasteiger partial charge in [-0.1, -0.05) is 6.07 Å². The second kappa shape index (κ2) is 5.46. The van der Waals surface area contributed by atoms with Crippen molar-refractivity contribution in [2.75, 3.05) is 7.05 Å². The Balaban J connectivity index is 2.43. The van der Waals surface area contributed by atoms with E-state index in [0.717, 1.165) is 21.8 Å². The third-order valence-electron chi connectivity index (χ3n) is 3.06. The number of hydrogen-bond acceptors (Lipinski definition) is 5. The molecule has 1 unspecified atom stereocenters. The van der Waals surface area contributed by atoms with Gasteiger partial charge in [0.25, 0.3) is 5.69 Å². The summed E-state index contributed by atoms with van der Waals surface area (Å²) in [7, 11) is 1.88. The van der Waals surface area contributed by atoms with Crippen LogP contribution in [-0.2, 0) is 0 Å². The molecule has 6 heteroatoms. The largest absolute Gasteiger partial charge is 0.312 e. The van der Waals surface area contributed by atoms with E-state index in [2.05, 4.69) is 10.3 Å². The number of nitrogens with one attached hydrogen (secondary N) is 1. The molecule has 100 valence electrons.